The monoisotopic (exact) mass is 335 g/mol. The molecule has 4 heteroatoms. The molecular weight excluding hydrogens is 310 g/mol. The molecule has 1 N–H and O–H groups in total. The fourth-order valence-electron chi connectivity index (χ4n) is 3.11. The van der Waals surface area contributed by atoms with Gasteiger partial charge >= 0.3 is 0 Å². The van der Waals surface area contributed by atoms with Crippen LogP contribution in [-0.2, 0) is 17.8 Å². The van der Waals surface area contributed by atoms with Gasteiger partial charge in [0, 0.05) is 6.54 Å². The van der Waals surface area contributed by atoms with Crippen LogP contribution in [0.15, 0.2) is 54.6 Å². The maximum Gasteiger partial charge on any atom is 0.224 e. The molecule has 0 fully saturated rings. The lowest BCUT2D eigenvalue weighted by molar-refractivity contribution is -0.121. The second kappa shape index (κ2) is 7.97. The minimum absolute atomic E-state index is 0.0211. The van der Waals surface area contributed by atoms with Crippen LogP contribution in [0.4, 0.5) is 0 Å². The van der Waals surface area contributed by atoms with Crippen LogP contribution in [0.25, 0.3) is 11.0 Å². The predicted octanol–water partition coefficient (Wildman–Crippen LogP) is 4.26. The van der Waals surface area contributed by atoms with Crippen molar-refractivity contribution in [2.75, 3.05) is 0 Å². The first-order chi connectivity index (χ1) is 12.2. The fourth-order valence-corrected chi connectivity index (χ4v) is 3.11. The Morgan fingerprint density at radius 2 is 1.84 bits per heavy atom. The van der Waals surface area contributed by atoms with Crippen molar-refractivity contribution in [2.45, 2.75) is 45.7 Å². The number of imidazole rings is 1. The summed E-state index contributed by atoms with van der Waals surface area (Å²) in [7, 11) is 0. The van der Waals surface area contributed by atoms with Gasteiger partial charge in [0.25, 0.3) is 0 Å². The van der Waals surface area contributed by atoms with E-state index in [0.29, 0.717) is 6.42 Å². The van der Waals surface area contributed by atoms with Gasteiger partial charge < -0.3 is 9.88 Å². The number of benzene rings is 2. The highest BCUT2D eigenvalue weighted by Gasteiger charge is 2.18. The van der Waals surface area contributed by atoms with Crippen LogP contribution < -0.4 is 5.32 Å². The van der Waals surface area contributed by atoms with Crippen LogP contribution in [0.3, 0.4) is 0 Å². The van der Waals surface area contributed by atoms with Gasteiger partial charge in [-0.05, 0) is 31.0 Å². The first-order valence-corrected chi connectivity index (χ1v) is 8.97. The van der Waals surface area contributed by atoms with Gasteiger partial charge in [-0.15, -0.1) is 0 Å². The normalized spacial score (nSPS) is 12.2. The van der Waals surface area contributed by atoms with Crippen LogP contribution in [0.2, 0.25) is 0 Å². The smallest absolute Gasteiger partial charge is 0.224 e. The van der Waals surface area contributed by atoms with Crippen LogP contribution >= 0.6 is 0 Å². The molecule has 0 spiro atoms. The van der Waals surface area contributed by atoms with E-state index in [1.165, 1.54) is 0 Å². The highest BCUT2D eigenvalue weighted by Crippen LogP contribution is 2.21. The quantitative estimate of drug-likeness (QED) is 0.701. The number of carbonyl (C=O) groups excluding carboxylic acids is 1. The van der Waals surface area contributed by atoms with Crippen molar-refractivity contribution >= 4 is 16.9 Å². The van der Waals surface area contributed by atoms with Gasteiger partial charge in [-0.3, -0.25) is 4.79 Å². The summed E-state index contributed by atoms with van der Waals surface area (Å²) in [5.41, 5.74) is 3.14. The number of hydrogen-bond acceptors (Lipinski definition) is 2. The van der Waals surface area contributed by atoms with E-state index < -0.39 is 0 Å². The summed E-state index contributed by atoms with van der Waals surface area (Å²) in [5.74, 6) is 0.948. The maximum absolute atomic E-state index is 12.4. The van der Waals surface area contributed by atoms with Gasteiger partial charge in [0.2, 0.25) is 5.91 Å². The SMILES string of the molecule is CCCCn1c([C@H](C)NC(=O)Cc2ccccc2)nc2ccccc21. The summed E-state index contributed by atoms with van der Waals surface area (Å²) in [5, 5.41) is 3.10. The Labute approximate surface area is 148 Å². The largest absolute Gasteiger partial charge is 0.346 e. The van der Waals surface area contributed by atoms with Crippen LogP contribution in [-0.4, -0.2) is 15.5 Å². The number of aromatic nitrogens is 2. The molecular formula is C21H25N3O. The Morgan fingerprint density at radius 1 is 1.12 bits per heavy atom. The molecule has 25 heavy (non-hydrogen) atoms. The zero-order chi connectivity index (χ0) is 17.6. The third-order valence-corrected chi connectivity index (χ3v) is 4.39. The standard InChI is InChI=1S/C21H25N3O/c1-3-4-14-24-19-13-9-8-12-18(19)23-21(24)16(2)22-20(25)15-17-10-6-5-7-11-17/h5-13,16H,3-4,14-15H2,1-2H3,(H,22,25)/t16-/m0/s1. The summed E-state index contributed by atoms with van der Waals surface area (Å²) < 4.78 is 2.24. The van der Waals surface area contributed by atoms with Crippen molar-refractivity contribution in [1.29, 1.82) is 0 Å². The molecule has 0 unspecified atom stereocenters. The van der Waals surface area contributed by atoms with Crippen molar-refractivity contribution in [1.82, 2.24) is 14.9 Å². The third kappa shape index (κ3) is 4.08. The molecule has 1 heterocycles. The molecule has 1 aromatic heterocycles. The Hall–Kier alpha value is -2.62. The number of hydrogen-bond donors (Lipinski definition) is 1. The number of amides is 1. The number of rotatable bonds is 7. The predicted molar refractivity (Wildman–Crippen MR) is 101 cm³/mol. The summed E-state index contributed by atoms with van der Waals surface area (Å²) in [4.78, 5) is 17.2. The molecule has 0 saturated carbocycles. The summed E-state index contributed by atoms with van der Waals surface area (Å²) in [6.07, 6.45) is 2.61. The Bertz CT molecular complexity index is 839. The van der Waals surface area contributed by atoms with E-state index in [-0.39, 0.29) is 11.9 Å². The van der Waals surface area contributed by atoms with E-state index in [2.05, 4.69) is 22.9 Å². The minimum Gasteiger partial charge on any atom is -0.346 e. The van der Waals surface area contributed by atoms with Crippen LogP contribution in [0.1, 0.15) is 44.1 Å². The van der Waals surface area contributed by atoms with E-state index in [1.54, 1.807) is 0 Å². The number of unbranched alkanes of at least 4 members (excludes halogenated alkanes) is 1. The second-order valence-electron chi connectivity index (χ2n) is 6.42. The van der Waals surface area contributed by atoms with Gasteiger partial charge in [0.1, 0.15) is 5.82 Å². The fraction of sp³-hybridized carbons (Fsp3) is 0.333. The molecule has 130 valence electrons. The highest BCUT2D eigenvalue weighted by atomic mass is 16.1. The van der Waals surface area contributed by atoms with E-state index in [4.69, 9.17) is 4.98 Å². The van der Waals surface area contributed by atoms with Crippen molar-refractivity contribution in [3.63, 3.8) is 0 Å². The summed E-state index contributed by atoms with van der Waals surface area (Å²) in [6, 6.07) is 17.9. The molecule has 0 saturated heterocycles. The van der Waals surface area contributed by atoms with Crippen LogP contribution in [0, 0.1) is 0 Å². The van der Waals surface area contributed by atoms with Gasteiger partial charge in [-0.25, -0.2) is 4.98 Å². The zero-order valence-corrected chi connectivity index (χ0v) is 14.9. The Kier molecular flexibility index (Phi) is 5.49. The molecule has 1 atom stereocenters. The molecule has 2 aromatic carbocycles. The van der Waals surface area contributed by atoms with Gasteiger partial charge in [0.15, 0.2) is 0 Å². The van der Waals surface area contributed by atoms with Gasteiger partial charge in [-0.2, -0.15) is 0 Å². The number of aryl methyl sites for hydroxylation is 1. The molecule has 0 aliphatic carbocycles. The van der Waals surface area contributed by atoms with Crippen molar-refractivity contribution in [2.24, 2.45) is 0 Å². The molecule has 0 aliphatic rings. The molecule has 0 bridgehead atoms. The molecule has 4 nitrogen and oxygen atoms in total. The maximum atomic E-state index is 12.4. The lowest BCUT2D eigenvalue weighted by atomic mass is 10.1. The topological polar surface area (TPSA) is 46.9 Å². The number of nitrogens with zero attached hydrogens (tertiary/aromatic N) is 2. The van der Waals surface area contributed by atoms with E-state index >= 15 is 0 Å². The summed E-state index contributed by atoms with van der Waals surface area (Å²) in [6.45, 7) is 5.11. The second-order valence-corrected chi connectivity index (χ2v) is 6.42. The number of fused-ring (bicyclic) bond motifs is 1. The Morgan fingerprint density at radius 3 is 2.60 bits per heavy atom. The van der Waals surface area contributed by atoms with Gasteiger partial charge in [-0.1, -0.05) is 55.8 Å². The van der Waals surface area contributed by atoms with Crippen molar-refractivity contribution in [3.8, 4) is 0 Å². The first-order valence-electron chi connectivity index (χ1n) is 8.97. The highest BCUT2D eigenvalue weighted by molar-refractivity contribution is 5.79. The lowest BCUT2D eigenvalue weighted by Crippen LogP contribution is -2.30. The number of nitrogens with one attached hydrogen (secondary N) is 1. The molecule has 0 radical (unpaired) electrons. The molecule has 3 aromatic rings. The lowest BCUT2D eigenvalue weighted by Gasteiger charge is -2.16. The number of carbonyl (C=O) groups is 1. The van der Waals surface area contributed by atoms with Crippen molar-refractivity contribution < 1.29 is 4.79 Å². The minimum atomic E-state index is -0.125. The zero-order valence-electron chi connectivity index (χ0n) is 14.9. The third-order valence-electron chi connectivity index (χ3n) is 4.39. The average Bonchev–Trinajstić information content (AvgIpc) is 2.99. The Balaban J connectivity index is 1.78. The van der Waals surface area contributed by atoms with E-state index in [0.717, 1.165) is 41.8 Å². The molecule has 0 aliphatic heterocycles. The molecule has 1 amide bonds. The van der Waals surface area contributed by atoms with E-state index in [9.17, 15) is 4.79 Å². The molecule has 3 rings (SSSR count). The van der Waals surface area contributed by atoms with Crippen LogP contribution in [0.5, 0.6) is 0 Å². The van der Waals surface area contributed by atoms with Gasteiger partial charge in [0.05, 0.1) is 23.5 Å². The van der Waals surface area contributed by atoms with Crippen molar-refractivity contribution in [3.05, 3.63) is 66.0 Å². The van der Waals surface area contributed by atoms with E-state index in [1.807, 2.05) is 55.5 Å². The number of para-hydroxylation sites is 2. The average molecular weight is 335 g/mol. The first kappa shape index (κ1) is 17.2. The summed E-state index contributed by atoms with van der Waals surface area (Å²) >= 11 is 0.